The van der Waals surface area contributed by atoms with Crippen molar-refractivity contribution < 1.29 is 23.5 Å². The van der Waals surface area contributed by atoms with Crippen LogP contribution in [-0.2, 0) is 9.59 Å². The van der Waals surface area contributed by atoms with Crippen LogP contribution in [0.15, 0.2) is 72.8 Å². The lowest BCUT2D eigenvalue weighted by atomic mass is 9.85. The van der Waals surface area contributed by atoms with Crippen molar-refractivity contribution in [2.45, 2.75) is 18.4 Å². The molecular weight excluding hydrogens is 451 g/mol. The van der Waals surface area contributed by atoms with Crippen LogP contribution in [0.25, 0.3) is 0 Å². The van der Waals surface area contributed by atoms with Gasteiger partial charge in [-0.2, -0.15) is 0 Å². The number of para-hydroxylation sites is 1. The molecule has 0 aliphatic carbocycles. The molecule has 3 aromatic carbocycles. The maximum absolute atomic E-state index is 14.9. The summed E-state index contributed by atoms with van der Waals surface area (Å²) in [6.45, 7) is -0.379. The summed E-state index contributed by atoms with van der Waals surface area (Å²) in [7, 11) is 1.51. The summed E-state index contributed by atoms with van der Waals surface area (Å²) in [6.07, 6.45) is 0.0809. The lowest BCUT2D eigenvalue weighted by Crippen LogP contribution is -2.51. The second-order valence-corrected chi connectivity index (χ2v) is 8.14. The van der Waals surface area contributed by atoms with Gasteiger partial charge in [-0.3, -0.25) is 9.59 Å². The first kappa shape index (κ1) is 23.7. The predicted molar refractivity (Wildman–Crippen MR) is 130 cm³/mol. The molecule has 0 radical (unpaired) electrons. The molecule has 0 spiro atoms. The van der Waals surface area contributed by atoms with Gasteiger partial charge in [-0.15, -0.1) is 0 Å². The van der Waals surface area contributed by atoms with Crippen LogP contribution >= 0.6 is 0 Å². The first-order valence-corrected chi connectivity index (χ1v) is 11.0. The van der Waals surface area contributed by atoms with Gasteiger partial charge in [-0.25, -0.2) is 9.18 Å². The fraction of sp³-hybridized carbons (Fsp3) is 0.192. The van der Waals surface area contributed by atoms with Crippen molar-refractivity contribution in [2.75, 3.05) is 23.9 Å². The van der Waals surface area contributed by atoms with Crippen LogP contribution in [-0.4, -0.2) is 37.5 Å². The Morgan fingerprint density at radius 2 is 1.77 bits per heavy atom. The first-order chi connectivity index (χ1) is 16.9. The Kier molecular flexibility index (Phi) is 6.96. The topological polar surface area (TPSA) is 114 Å². The molecule has 1 aliphatic heterocycles. The summed E-state index contributed by atoms with van der Waals surface area (Å²) in [5.41, 5.74) is 7.39. The lowest BCUT2D eigenvalue weighted by Gasteiger charge is -2.25. The van der Waals surface area contributed by atoms with Crippen LogP contribution in [0.5, 0.6) is 5.75 Å². The van der Waals surface area contributed by atoms with E-state index in [1.54, 1.807) is 66.7 Å². The van der Waals surface area contributed by atoms with Gasteiger partial charge in [0.1, 0.15) is 24.2 Å². The molecule has 2 atom stereocenters. The van der Waals surface area contributed by atoms with E-state index in [4.69, 9.17) is 10.5 Å². The van der Waals surface area contributed by atoms with Crippen LogP contribution < -0.4 is 26.0 Å². The smallest absolute Gasteiger partial charge is 0.319 e. The number of fused-ring (bicyclic) bond motifs is 1. The van der Waals surface area contributed by atoms with E-state index in [0.717, 1.165) is 0 Å². The molecule has 0 saturated heterocycles. The minimum Gasteiger partial charge on any atom is -0.497 e. The number of benzene rings is 3. The van der Waals surface area contributed by atoms with E-state index < -0.39 is 35.6 Å². The molecule has 0 fully saturated rings. The van der Waals surface area contributed by atoms with Gasteiger partial charge >= 0.3 is 6.03 Å². The summed E-state index contributed by atoms with van der Waals surface area (Å²) >= 11 is 0. The molecule has 180 valence electrons. The molecule has 4 rings (SSSR count). The number of carbonyl (C=O) groups excluding carboxylic acids is 3. The van der Waals surface area contributed by atoms with Crippen molar-refractivity contribution in [1.82, 2.24) is 5.32 Å². The standard InChI is InChI=1S/C26H25FN4O4/c1-35-17-8-6-7-16(13-17)29-26(34)30-22-14-20(18-9-2-4-11-21(18)27)19-10-3-5-12-23(19)31(25(22)33)15-24(28)32/h2-13,20,22H,14-15H2,1H3,(H2,28,32)(H2,29,30,34). The van der Waals surface area contributed by atoms with Gasteiger partial charge in [-0.1, -0.05) is 42.5 Å². The molecule has 9 heteroatoms. The Hall–Kier alpha value is -4.40. The molecule has 1 heterocycles. The van der Waals surface area contributed by atoms with Gasteiger partial charge in [-0.05, 0) is 41.8 Å². The maximum atomic E-state index is 14.9. The van der Waals surface area contributed by atoms with E-state index in [-0.39, 0.29) is 13.0 Å². The highest BCUT2D eigenvalue weighted by molar-refractivity contribution is 6.05. The molecule has 4 amide bonds. The fourth-order valence-corrected chi connectivity index (χ4v) is 4.32. The van der Waals surface area contributed by atoms with Gasteiger partial charge < -0.3 is 26.0 Å². The molecule has 0 saturated carbocycles. The number of amides is 4. The average Bonchev–Trinajstić information content (AvgIpc) is 2.95. The highest BCUT2D eigenvalue weighted by Crippen LogP contribution is 2.39. The number of primary amides is 1. The van der Waals surface area contributed by atoms with Gasteiger partial charge in [0.25, 0.3) is 0 Å². The largest absolute Gasteiger partial charge is 0.497 e. The van der Waals surface area contributed by atoms with Gasteiger partial charge in [0.2, 0.25) is 11.8 Å². The van der Waals surface area contributed by atoms with Crippen molar-refractivity contribution in [1.29, 1.82) is 0 Å². The third kappa shape index (κ3) is 5.24. The zero-order valence-electron chi connectivity index (χ0n) is 19.0. The number of nitrogens with one attached hydrogen (secondary N) is 2. The number of nitrogens with two attached hydrogens (primary N) is 1. The minimum atomic E-state index is -1.06. The van der Waals surface area contributed by atoms with Crippen molar-refractivity contribution in [3.8, 4) is 5.75 Å². The van der Waals surface area contributed by atoms with Crippen LogP contribution in [0.3, 0.4) is 0 Å². The molecule has 1 aliphatic rings. The number of rotatable bonds is 6. The zero-order valence-corrected chi connectivity index (χ0v) is 19.0. The van der Waals surface area contributed by atoms with E-state index in [1.165, 1.54) is 18.1 Å². The zero-order chi connectivity index (χ0) is 24.9. The number of hydrogen-bond acceptors (Lipinski definition) is 4. The Bertz CT molecular complexity index is 1270. The molecule has 8 nitrogen and oxygen atoms in total. The first-order valence-electron chi connectivity index (χ1n) is 11.0. The SMILES string of the molecule is COc1cccc(NC(=O)NC2CC(c3ccccc3F)c3ccccc3N(CC(N)=O)C2=O)c1. The predicted octanol–water partition coefficient (Wildman–Crippen LogP) is 3.38. The second kappa shape index (κ2) is 10.3. The number of anilines is 2. The van der Waals surface area contributed by atoms with Gasteiger partial charge in [0.15, 0.2) is 0 Å². The Morgan fingerprint density at radius 1 is 1.06 bits per heavy atom. The van der Waals surface area contributed by atoms with E-state index >= 15 is 0 Å². The van der Waals surface area contributed by atoms with Crippen LogP contribution in [0.2, 0.25) is 0 Å². The summed E-state index contributed by atoms with van der Waals surface area (Å²) in [5, 5.41) is 5.38. The van der Waals surface area contributed by atoms with E-state index in [1.807, 2.05) is 0 Å². The summed E-state index contributed by atoms with van der Waals surface area (Å²) in [5.74, 6) is -1.66. The van der Waals surface area contributed by atoms with Crippen molar-refractivity contribution in [2.24, 2.45) is 5.73 Å². The summed E-state index contributed by atoms with van der Waals surface area (Å²) in [6, 6.07) is 18.3. The molecular formula is C26H25FN4O4. The lowest BCUT2D eigenvalue weighted by molar-refractivity contribution is -0.123. The third-order valence-electron chi connectivity index (χ3n) is 5.87. The highest BCUT2D eigenvalue weighted by Gasteiger charge is 2.37. The van der Waals surface area contributed by atoms with Gasteiger partial charge in [0.05, 0.1) is 7.11 Å². The number of urea groups is 1. The number of halogens is 1. The van der Waals surface area contributed by atoms with E-state index in [2.05, 4.69) is 10.6 Å². The number of ether oxygens (including phenoxy) is 1. The van der Waals surface area contributed by atoms with Crippen LogP contribution in [0.1, 0.15) is 23.5 Å². The highest BCUT2D eigenvalue weighted by atomic mass is 19.1. The Morgan fingerprint density at radius 3 is 2.49 bits per heavy atom. The number of nitrogens with zero attached hydrogens (tertiary/aromatic N) is 1. The Balaban J connectivity index is 1.70. The van der Waals surface area contributed by atoms with Crippen molar-refractivity contribution >= 4 is 29.2 Å². The van der Waals surface area contributed by atoms with E-state index in [9.17, 15) is 18.8 Å². The van der Waals surface area contributed by atoms with Crippen LogP contribution in [0, 0.1) is 5.82 Å². The third-order valence-corrected chi connectivity index (χ3v) is 5.87. The van der Waals surface area contributed by atoms with Crippen molar-refractivity contribution in [3.05, 3.63) is 89.7 Å². The minimum absolute atomic E-state index is 0.0809. The maximum Gasteiger partial charge on any atom is 0.319 e. The molecule has 4 N–H and O–H groups in total. The molecule has 3 aromatic rings. The second-order valence-electron chi connectivity index (χ2n) is 8.14. The van der Waals surface area contributed by atoms with Crippen molar-refractivity contribution in [3.63, 3.8) is 0 Å². The number of methoxy groups -OCH3 is 1. The molecule has 0 bridgehead atoms. The molecule has 35 heavy (non-hydrogen) atoms. The molecule has 2 unspecified atom stereocenters. The van der Waals surface area contributed by atoms with E-state index in [0.29, 0.717) is 28.3 Å². The molecule has 0 aromatic heterocycles. The number of carbonyl (C=O) groups is 3. The Labute approximate surface area is 201 Å². The monoisotopic (exact) mass is 476 g/mol. The number of hydrogen-bond donors (Lipinski definition) is 3. The summed E-state index contributed by atoms with van der Waals surface area (Å²) < 4.78 is 20.0. The van der Waals surface area contributed by atoms with Crippen LogP contribution in [0.4, 0.5) is 20.6 Å². The quantitative estimate of drug-likeness (QED) is 0.506. The van der Waals surface area contributed by atoms with Gasteiger partial charge in [0, 0.05) is 23.4 Å². The fourth-order valence-electron chi connectivity index (χ4n) is 4.32. The summed E-state index contributed by atoms with van der Waals surface area (Å²) in [4.78, 5) is 39.5. The average molecular weight is 477 g/mol. The normalized spacial score (nSPS) is 17.2.